The van der Waals surface area contributed by atoms with Crippen LogP contribution in [0.4, 0.5) is 10.5 Å². The molecule has 2 amide bonds. The number of para-hydroxylation sites is 1. The molecule has 0 aliphatic rings. The first-order valence-electron chi connectivity index (χ1n) is 10.4. The number of anilines is 1. The van der Waals surface area contributed by atoms with E-state index in [1.165, 1.54) is 5.56 Å². The number of amides is 2. The lowest BCUT2D eigenvalue weighted by Crippen LogP contribution is -2.34. The van der Waals surface area contributed by atoms with Crippen LogP contribution in [0.25, 0.3) is 0 Å². The quantitative estimate of drug-likeness (QED) is 0.507. The summed E-state index contributed by atoms with van der Waals surface area (Å²) in [6.45, 7) is 8.71. The summed E-state index contributed by atoms with van der Waals surface area (Å²) in [6, 6.07) is 17.3. The lowest BCUT2D eigenvalue weighted by Gasteiger charge is -2.24. The average Bonchev–Trinajstić information content (AvgIpc) is 3.04. The number of benzene rings is 2. The van der Waals surface area contributed by atoms with Crippen molar-refractivity contribution in [3.8, 4) is 0 Å². The summed E-state index contributed by atoms with van der Waals surface area (Å²) in [4.78, 5) is 30.3. The summed E-state index contributed by atoms with van der Waals surface area (Å²) in [5.41, 5.74) is 5.94. The van der Waals surface area contributed by atoms with Crippen LogP contribution in [-0.4, -0.2) is 28.5 Å². The molecule has 0 bridgehead atoms. The Morgan fingerprint density at radius 1 is 0.968 bits per heavy atom. The highest BCUT2D eigenvalue weighted by Gasteiger charge is 2.22. The first kappa shape index (κ1) is 22.2. The molecule has 0 unspecified atom stereocenters. The minimum atomic E-state index is -0.381. The molecule has 3 aromatic rings. The second-order valence-corrected chi connectivity index (χ2v) is 7.59. The number of aryl methyl sites for hydroxylation is 2. The first-order chi connectivity index (χ1) is 14.9. The predicted molar refractivity (Wildman–Crippen MR) is 122 cm³/mol. The summed E-state index contributed by atoms with van der Waals surface area (Å²) in [6.07, 6.45) is 0. The van der Waals surface area contributed by atoms with Gasteiger partial charge in [-0.25, -0.2) is 9.59 Å². The smallest absolute Gasteiger partial charge is 0.355 e. The van der Waals surface area contributed by atoms with Crippen LogP contribution in [0.1, 0.15) is 45.4 Å². The van der Waals surface area contributed by atoms with E-state index in [1.54, 1.807) is 11.8 Å². The molecule has 1 aromatic heterocycles. The maximum Gasteiger partial charge on any atom is 0.355 e. The summed E-state index contributed by atoms with van der Waals surface area (Å²) < 4.78 is 5.15. The number of hydrogen-bond acceptors (Lipinski definition) is 3. The van der Waals surface area contributed by atoms with Gasteiger partial charge in [0, 0.05) is 24.5 Å². The summed E-state index contributed by atoms with van der Waals surface area (Å²) in [7, 11) is 0. The number of rotatable bonds is 7. The molecule has 0 saturated carbocycles. The molecule has 0 aliphatic carbocycles. The minimum Gasteiger partial charge on any atom is -0.461 e. The maximum absolute atomic E-state index is 13.2. The first-order valence-corrected chi connectivity index (χ1v) is 10.4. The summed E-state index contributed by atoms with van der Waals surface area (Å²) in [5.74, 6) is -0.381. The van der Waals surface area contributed by atoms with Crippen molar-refractivity contribution in [2.24, 2.45) is 0 Å². The Bertz CT molecular complexity index is 1040. The van der Waals surface area contributed by atoms with Gasteiger partial charge in [-0.2, -0.15) is 0 Å². The number of nitrogens with zero attached hydrogens (tertiary/aromatic N) is 1. The number of H-pyrrole nitrogens is 1. The van der Waals surface area contributed by atoms with Crippen LogP contribution >= 0.6 is 0 Å². The molecule has 0 aliphatic heterocycles. The lowest BCUT2D eigenvalue weighted by molar-refractivity contribution is 0.0519. The van der Waals surface area contributed by atoms with E-state index in [0.29, 0.717) is 25.4 Å². The maximum atomic E-state index is 13.2. The topological polar surface area (TPSA) is 74.4 Å². The van der Waals surface area contributed by atoms with E-state index in [1.807, 2.05) is 75.4 Å². The third-order valence-corrected chi connectivity index (χ3v) is 5.23. The van der Waals surface area contributed by atoms with Crippen molar-refractivity contribution < 1.29 is 14.3 Å². The van der Waals surface area contributed by atoms with Crippen LogP contribution in [0.3, 0.4) is 0 Å². The number of ether oxygens (including phenoxy) is 1. The molecule has 6 heteroatoms. The van der Waals surface area contributed by atoms with Gasteiger partial charge in [-0.05, 0) is 56.5 Å². The van der Waals surface area contributed by atoms with Crippen molar-refractivity contribution in [3.05, 3.63) is 88.2 Å². The molecule has 162 valence electrons. The second-order valence-electron chi connectivity index (χ2n) is 7.59. The van der Waals surface area contributed by atoms with Crippen molar-refractivity contribution >= 4 is 17.7 Å². The molecule has 2 N–H and O–H groups in total. The predicted octanol–water partition coefficient (Wildman–Crippen LogP) is 5.35. The Kier molecular flexibility index (Phi) is 7.13. The molecule has 0 radical (unpaired) electrons. The molecule has 0 atom stereocenters. The number of urea groups is 1. The molecule has 0 spiro atoms. The number of aromatic nitrogens is 1. The van der Waals surface area contributed by atoms with Gasteiger partial charge in [-0.1, -0.05) is 48.0 Å². The highest BCUT2D eigenvalue weighted by atomic mass is 16.5. The zero-order valence-corrected chi connectivity index (χ0v) is 18.5. The van der Waals surface area contributed by atoms with E-state index in [9.17, 15) is 9.59 Å². The van der Waals surface area contributed by atoms with Crippen LogP contribution in [0, 0.1) is 20.8 Å². The van der Waals surface area contributed by atoms with Crippen molar-refractivity contribution in [2.75, 3.05) is 11.9 Å². The zero-order chi connectivity index (χ0) is 22.4. The number of carbonyl (C=O) groups excluding carboxylic acids is 2. The molecule has 31 heavy (non-hydrogen) atoms. The van der Waals surface area contributed by atoms with Gasteiger partial charge in [-0.15, -0.1) is 0 Å². The fraction of sp³-hybridized carbons (Fsp3) is 0.280. The van der Waals surface area contributed by atoms with Crippen molar-refractivity contribution in [1.82, 2.24) is 9.88 Å². The van der Waals surface area contributed by atoms with Gasteiger partial charge in [0.2, 0.25) is 0 Å². The van der Waals surface area contributed by atoms with Gasteiger partial charge < -0.3 is 19.9 Å². The molecule has 6 nitrogen and oxygen atoms in total. The van der Waals surface area contributed by atoms with E-state index in [0.717, 1.165) is 28.1 Å². The molecular weight excluding hydrogens is 390 g/mol. The highest BCUT2D eigenvalue weighted by molar-refractivity contribution is 5.91. The largest absolute Gasteiger partial charge is 0.461 e. The average molecular weight is 420 g/mol. The van der Waals surface area contributed by atoms with Gasteiger partial charge >= 0.3 is 12.0 Å². The number of aromatic amines is 1. The Hall–Kier alpha value is -3.54. The van der Waals surface area contributed by atoms with Crippen LogP contribution in [0.2, 0.25) is 0 Å². The standard InChI is InChI=1S/C25H29N3O3/c1-5-31-24(29)23-18(3)22(19(4)26-23)16-28(15-20-13-11-17(2)12-14-20)25(30)27-21-9-7-6-8-10-21/h6-14,26H,5,15-16H2,1-4H3,(H,27,30). The summed E-state index contributed by atoms with van der Waals surface area (Å²) in [5, 5.41) is 2.97. The zero-order valence-electron chi connectivity index (χ0n) is 18.5. The van der Waals surface area contributed by atoms with Crippen LogP contribution < -0.4 is 5.32 Å². The Morgan fingerprint density at radius 2 is 1.65 bits per heavy atom. The van der Waals surface area contributed by atoms with E-state index in [4.69, 9.17) is 4.74 Å². The van der Waals surface area contributed by atoms with Crippen molar-refractivity contribution in [1.29, 1.82) is 0 Å². The molecule has 3 rings (SSSR count). The number of nitrogens with one attached hydrogen (secondary N) is 2. The Morgan fingerprint density at radius 3 is 2.29 bits per heavy atom. The van der Waals surface area contributed by atoms with Gasteiger partial charge in [0.05, 0.1) is 6.61 Å². The third kappa shape index (κ3) is 5.54. The fourth-order valence-electron chi connectivity index (χ4n) is 3.46. The van der Waals surface area contributed by atoms with Crippen molar-refractivity contribution in [2.45, 2.75) is 40.8 Å². The Balaban J connectivity index is 1.88. The van der Waals surface area contributed by atoms with Crippen LogP contribution in [0.5, 0.6) is 0 Å². The van der Waals surface area contributed by atoms with Gasteiger partial charge in [0.15, 0.2) is 0 Å². The monoisotopic (exact) mass is 419 g/mol. The van der Waals surface area contributed by atoms with Crippen LogP contribution in [0.15, 0.2) is 54.6 Å². The van der Waals surface area contributed by atoms with E-state index < -0.39 is 0 Å². The lowest BCUT2D eigenvalue weighted by atomic mass is 10.1. The highest BCUT2D eigenvalue weighted by Crippen LogP contribution is 2.22. The molecular formula is C25H29N3O3. The van der Waals surface area contributed by atoms with E-state index in [-0.39, 0.29) is 12.0 Å². The van der Waals surface area contributed by atoms with E-state index in [2.05, 4.69) is 10.3 Å². The second kappa shape index (κ2) is 9.98. The number of carbonyl (C=O) groups is 2. The molecule has 2 aromatic carbocycles. The van der Waals surface area contributed by atoms with Gasteiger partial charge in [0.1, 0.15) is 5.69 Å². The Labute approximate surface area is 183 Å². The van der Waals surface area contributed by atoms with Crippen LogP contribution in [-0.2, 0) is 17.8 Å². The minimum absolute atomic E-state index is 0.204. The van der Waals surface area contributed by atoms with E-state index >= 15 is 0 Å². The molecule has 0 saturated heterocycles. The normalized spacial score (nSPS) is 10.6. The SMILES string of the molecule is CCOC(=O)c1[nH]c(C)c(CN(Cc2ccc(C)cc2)C(=O)Nc2ccccc2)c1C. The molecule has 0 fully saturated rings. The summed E-state index contributed by atoms with van der Waals surface area (Å²) >= 11 is 0. The third-order valence-electron chi connectivity index (χ3n) is 5.23. The number of esters is 1. The van der Waals surface area contributed by atoms with Gasteiger partial charge in [0.25, 0.3) is 0 Å². The van der Waals surface area contributed by atoms with Gasteiger partial charge in [-0.3, -0.25) is 0 Å². The van der Waals surface area contributed by atoms with Crippen molar-refractivity contribution in [3.63, 3.8) is 0 Å². The fourth-order valence-corrected chi connectivity index (χ4v) is 3.46. The molecule has 1 heterocycles. The number of hydrogen-bond donors (Lipinski definition) is 2.